The number of amides is 1. The number of rotatable bonds is 3. The molecule has 0 radical (unpaired) electrons. The number of anilines is 2. The van der Waals surface area contributed by atoms with E-state index < -0.39 is 5.91 Å². The van der Waals surface area contributed by atoms with Crippen LogP contribution >= 0.6 is 15.9 Å². The molecule has 0 aliphatic rings. The molecular weight excluding hydrogens is 282 g/mol. The molecule has 86 valence electrons. The van der Waals surface area contributed by atoms with E-state index in [4.69, 9.17) is 5.73 Å². The van der Waals surface area contributed by atoms with Gasteiger partial charge in [0.15, 0.2) is 0 Å². The van der Waals surface area contributed by atoms with Gasteiger partial charge in [0.2, 0.25) is 5.91 Å². The minimum atomic E-state index is -0.442. The number of hydrogen-bond donors (Lipinski definition) is 2. The van der Waals surface area contributed by atoms with Crippen molar-refractivity contribution in [2.45, 2.75) is 0 Å². The van der Waals surface area contributed by atoms with Crippen LogP contribution in [0.3, 0.4) is 0 Å². The van der Waals surface area contributed by atoms with E-state index in [2.05, 4.69) is 26.2 Å². The molecule has 2 rings (SSSR count). The first-order valence-corrected chi connectivity index (χ1v) is 5.72. The fourth-order valence-electron chi connectivity index (χ4n) is 1.38. The van der Waals surface area contributed by atoms with Crippen molar-refractivity contribution in [2.75, 3.05) is 5.32 Å². The maximum atomic E-state index is 11.0. The number of nitrogens with zero attached hydrogens (tertiary/aromatic N) is 1. The Morgan fingerprint density at radius 1 is 1.35 bits per heavy atom. The van der Waals surface area contributed by atoms with Gasteiger partial charge in [0.25, 0.3) is 0 Å². The fraction of sp³-hybridized carbons (Fsp3) is 0. The van der Waals surface area contributed by atoms with Crippen molar-refractivity contribution in [3.05, 3.63) is 52.8 Å². The first kappa shape index (κ1) is 11.6. The van der Waals surface area contributed by atoms with Gasteiger partial charge in [-0.3, -0.25) is 9.78 Å². The fourth-order valence-corrected chi connectivity index (χ4v) is 1.73. The number of halogens is 1. The number of nitrogens with two attached hydrogens (primary N) is 1. The van der Waals surface area contributed by atoms with Crippen molar-refractivity contribution >= 4 is 33.2 Å². The Morgan fingerprint density at radius 2 is 2.18 bits per heavy atom. The molecule has 3 N–H and O–H groups in total. The summed E-state index contributed by atoms with van der Waals surface area (Å²) >= 11 is 3.38. The minimum absolute atomic E-state index is 0.442. The lowest BCUT2D eigenvalue weighted by Gasteiger charge is -2.08. The average Bonchev–Trinajstić information content (AvgIpc) is 2.32. The van der Waals surface area contributed by atoms with Gasteiger partial charge in [0.05, 0.1) is 10.2 Å². The first-order chi connectivity index (χ1) is 8.16. The number of benzene rings is 1. The zero-order valence-electron chi connectivity index (χ0n) is 8.85. The van der Waals surface area contributed by atoms with Crippen LogP contribution in [0.2, 0.25) is 0 Å². The van der Waals surface area contributed by atoms with Crippen LogP contribution < -0.4 is 11.1 Å². The van der Waals surface area contributed by atoms with Gasteiger partial charge in [-0.2, -0.15) is 0 Å². The number of carbonyl (C=O) groups is 1. The monoisotopic (exact) mass is 291 g/mol. The predicted octanol–water partition coefficient (Wildman–Crippen LogP) is 2.69. The maximum Gasteiger partial charge on any atom is 0.248 e. The van der Waals surface area contributed by atoms with E-state index in [1.165, 1.54) is 0 Å². The van der Waals surface area contributed by atoms with E-state index in [9.17, 15) is 4.79 Å². The summed E-state index contributed by atoms with van der Waals surface area (Å²) in [4.78, 5) is 15.0. The second kappa shape index (κ2) is 4.97. The summed E-state index contributed by atoms with van der Waals surface area (Å²) in [6.07, 6.45) is 3.38. The highest BCUT2D eigenvalue weighted by Gasteiger charge is 2.03. The van der Waals surface area contributed by atoms with Crippen molar-refractivity contribution in [3.63, 3.8) is 0 Å². The van der Waals surface area contributed by atoms with E-state index in [0.717, 1.165) is 15.8 Å². The Balaban J connectivity index is 2.28. The van der Waals surface area contributed by atoms with Crippen LogP contribution in [0.1, 0.15) is 10.4 Å². The van der Waals surface area contributed by atoms with Crippen LogP contribution in [0.25, 0.3) is 0 Å². The number of hydrogen-bond acceptors (Lipinski definition) is 3. The van der Waals surface area contributed by atoms with Crippen LogP contribution in [0.15, 0.2) is 47.2 Å². The van der Waals surface area contributed by atoms with Crippen LogP contribution in [-0.2, 0) is 0 Å². The van der Waals surface area contributed by atoms with Crippen LogP contribution in [-0.4, -0.2) is 10.9 Å². The number of nitrogens with one attached hydrogen (secondary N) is 1. The summed E-state index contributed by atoms with van der Waals surface area (Å²) in [5.74, 6) is -0.442. The topological polar surface area (TPSA) is 68.0 Å². The molecule has 0 saturated heterocycles. The third-order valence-electron chi connectivity index (χ3n) is 2.20. The van der Waals surface area contributed by atoms with Crippen molar-refractivity contribution < 1.29 is 4.79 Å². The molecule has 0 atom stereocenters. The second-order valence-electron chi connectivity index (χ2n) is 3.43. The Bertz CT molecular complexity index is 557. The zero-order chi connectivity index (χ0) is 12.3. The molecule has 0 spiro atoms. The third kappa shape index (κ3) is 2.82. The number of primary amides is 1. The van der Waals surface area contributed by atoms with Gasteiger partial charge in [-0.25, -0.2) is 0 Å². The Hall–Kier alpha value is -1.88. The van der Waals surface area contributed by atoms with Gasteiger partial charge in [0, 0.05) is 23.6 Å². The smallest absolute Gasteiger partial charge is 0.248 e. The van der Waals surface area contributed by atoms with Crippen molar-refractivity contribution in [3.8, 4) is 0 Å². The Morgan fingerprint density at radius 3 is 2.88 bits per heavy atom. The summed E-state index contributed by atoms with van der Waals surface area (Å²) in [7, 11) is 0. The molecule has 1 amide bonds. The van der Waals surface area contributed by atoms with Crippen LogP contribution in [0, 0.1) is 0 Å². The lowest BCUT2D eigenvalue weighted by Crippen LogP contribution is -2.10. The average molecular weight is 292 g/mol. The van der Waals surface area contributed by atoms with Crippen LogP contribution in [0.5, 0.6) is 0 Å². The highest BCUT2D eigenvalue weighted by Crippen LogP contribution is 2.24. The van der Waals surface area contributed by atoms with E-state index in [-0.39, 0.29) is 0 Å². The zero-order valence-corrected chi connectivity index (χ0v) is 10.4. The Kier molecular flexibility index (Phi) is 3.39. The summed E-state index contributed by atoms with van der Waals surface area (Å²) in [5, 5.41) is 3.17. The minimum Gasteiger partial charge on any atom is -0.366 e. The highest BCUT2D eigenvalue weighted by atomic mass is 79.9. The molecule has 1 aromatic carbocycles. The number of aromatic nitrogens is 1. The van der Waals surface area contributed by atoms with E-state index in [1.54, 1.807) is 30.6 Å². The molecule has 0 aliphatic heterocycles. The first-order valence-electron chi connectivity index (χ1n) is 4.93. The van der Waals surface area contributed by atoms with Gasteiger partial charge in [0.1, 0.15) is 0 Å². The molecule has 4 nitrogen and oxygen atoms in total. The summed E-state index contributed by atoms with van der Waals surface area (Å²) in [6.45, 7) is 0. The number of carbonyl (C=O) groups excluding carboxylic acids is 1. The SMILES string of the molecule is NC(=O)c1cccc(Nc2ccncc2Br)c1. The number of pyridine rings is 1. The molecular formula is C12H10BrN3O. The largest absolute Gasteiger partial charge is 0.366 e. The van der Waals surface area contributed by atoms with Crippen molar-refractivity contribution in [1.29, 1.82) is 0 Å². The molecule has 0 unspecified atom stereocenters. The van der Waals surface area contributed by atoms with Crippen molar-refractivity contribution in [1.82, 2.24) is 4.98 Å². The Labute approximate surface area is 107 Å². The normalized spacial score (nSPS) is 9.94. The molecule has 0 fully saturated rings. The standard InChI is InChI=1S/C12H10BrN3O/c13-10-7-15-5-4-11(10)16-9-3-1-2-8(6-9)12(14)17/h1-7H,(H2,14,17)(H,15,16). The van der Waals surface area contributed by atoms with E-state index >= 15 is 0 Å². The van der Waals surface area contributed by atoms with Crippen molar-refractivity contribution in [2.24, 2.45) is 5.73 Å². The molecule has 1 heterocycles. The lowest BCUT2D eigenvalue weighted by atomic mass is 10.2. The van der Waals surface area contributed by atoms with Gasteiger partial charge < -0.3 is 11.1 Å². The summed E-state index contributed by atoms with van der Waals surface area (Å²) in [5.41, 5.74) is 7.37. The molecule has 2 aromatic rings. The van der Waals surface area contributed by atoms with E-state index in [1.807, 2.05) is 12.1 Å². The molecule has 0 saturated carbocycles. The van der Waals surface area contributed by atoms with Gasteiger partial charge in [-0.1, -0.05) is 6.07 Å². The molecule has 0 aliphatic carbocycles. The second-order valence-corrected chi connectivity index (χ2v) is 4.28. The quantitative estimate of drug-likeness (QED) is 0.914. The van der Waals surface area contributed by atoms with Gasteiger partial charge in [-0.05, 0) is 40.2 Å². The molecule has 0 bridgehead atoms. The molecule has 17 heavy (non-hydrogen) atoms. The van der Waals surface area contributed by atoms with E-state index in [0.29, 0.717) is 5.56 Å². The van der Waals surface area contributed by atoms with Gasteiger partial charge >= 0.3 is 0 Å². The summed E-state index contributed by atoms with van der Waals surface area (Å²) in [6, 6.07) is 8.85. The molecule has 1 aromatic heterocycles. The molecule has 5 heteroatoms. The summed E-state index contributed by atoms with van der Waals surface area (Å²) < 4.78 is 0.851. The maximum absolute atomic E-state index is 11.0. The highest BCUT2D eigenvalue weighted by molar-refractivity contribution is 9.10. The predicted molar refractivity (Wildman–Crippen MR) is 70.2 cm³/mol. The van der Waals surface area contributed by atoms with Gasteiger partial charge in [-0.15, -0.1) is 0 Å². The van der Waals surface area contributed by atoms with Crippen LogP contribution in [0.4, 0.5) is 11.4 Å². The lowest BCUT2D eigenvalue weighted by molar-refractivity contribution is 0.100. The third-order valence-corrected chi connectivity index (χ3v) is 2.83.